The highest BCUT2D eigenvalue weighted by molar-refractivity contribution is 5.78. The molecule has 2 aromatic rings. The molecule has 94 valence electrons. The molecule has 1 unspecified atom stereocenters. The molecule has 0 spiro atoms. The molecule has 1 aromatic heterocycles. The molecule has 1 heterocycles. The highest BCUT2D eigenvalue weighted by atomic mass is 16.3. The second-order valence-corrected chi connectivity index (χ2v) is 5.39. The van der Waals surface area contributed by atoms with Crippen LogP contribution in [-0.2, 0) is 6.42 Å². The molecule has 3 rings (SSSR count). The Bertz CT molecular complexity index is 533. The van der Waals surface area contributed by atoms with Crippen LogP contribution in [0.15, 0.2) is 36.4 Å². The van der Waals surface area contributed by atoms with E-state index in [2.05, 4.69) is 17.1 Å². The van der Waals surface area contributed by atoms with E-state index in [0.29, 0.717) is 6.42 Å². The van der Waals surface area contributed by atoms with Crippen molar-refractivity contribution in [2.24, 2.45) is 5.92 Å². The maximum atomic E-state index is 10.1. The summed E-state index contributed by atoms with van der Waals surface area (Å²) in [6.45, 7) is 0. The minimum atomic E-state index is -0.232. The van der Waals surface area contributed by atoms with Crippen LogP contribution in [0.4, 0.5) is 0 Å². The van der Waals surface area contributed by atoms with Crippen LogP contribution in [0.5, 0.6) is 0 Å². The normalized spacial score (nSPS) is 17.6. The summed E-state index contributed by atoms with van der Waals surface area (Å²) < 4.78 is 0. The number of nitrogens with zero attached hydrogens (tertiary/aromatic N) is 1. The smallest absolute Gasteiger partial charge is 0.0705 e. The molecule has 1 aliphatic carbocycles. The molecular formula is C16H19NO. The Labute approximate surface area is 108 Å². The number of aliphatic hydroxyl groups is 1. The van der Waals surface area contributed by atoms with Crippen LogP contribution in [0, 0.1) is 5.92 Å². The molecule has 0 amide bonds. The summed E-state index contributed by atoms with van der Waals surface area (Å²) in [5.74, 6) is 0.750. The molecule has 1 aliphatic rings. The number of fused-ring (bicyclic) bond motifs is 1. The summed E-state index contributed by atoms with van der Waals surface area (Å²) in [6.07, 6.45) is 5.32. The zero-order chi connectivity index (χ0) is 12.4. The van der Waals surface area contributed by atoms with Gasteiger partial charge in [0.2, 0.25) is 0 Å². The first-order chi connectivity index (χ1) is 8.81. The standard InChI is InChI=1S/C16H19NO/c18-15(10-12-4-3-5-12)11-14-9-8-13-6-1-2-7-16(13)17-14/h1-2,6-9,12,15,18H,3-5,10-11H2. The van der Waals surface area contributed by atoms with Crippen molar-refractivity contribution in [2.45, 2.75) is 38.2 Å². The van der Waals surface area contributed by atoms with Crippen LogP contribution in [0.1, 0.15) is 31.4 Å². The van der Waals surface area contributed by atoms with Crippen LogP contribution in [-0.4, -0.2) is 16.2 Å². The molecule has 18 heavy (non-hydrogen) atoms. The van der Waals surface area contributed by atoms with Gasteiger partial charge in [0.1, 0.15) is 0 Å². The molecule has 2 heteroatoms. The quantitative estimate of drug-likeness (QED) is 0.890. The molecule has 1 fully saturated rings. The summed E-state index contributed by atoms with van der Waals surface area (Å²) >= 11 is 0. The first kappa shape index (κ1) is 11.7. The van der Waals surface area contributed by atoms with Gasteiger partial charge in [-0.15, -0.1) is 0 Å². The largest absolute Gasteiger partial charge is 0.393 e. The number of aliphatic hydroxyl groups excluding tert-OH is 1. The lowest BCUT2D eigenvalue weighted by molar-refractivity contribution is 0.117. The third-order valence-corrected chi connectivity index (χ3v) is 3.93. The lowest BCUT2D eigenvalue weighted by atomic mass is 9.81. The molecule has 1 saturated carbocycles. The lowest BCUT2D eigenvalue weighted by Crippen LogP contribution is -2.21. The van der Waals surface area contributed by atoms with E-state index >= 15 is 0 Å². The van der Waals surface area contributed by atoms with Gasteiger partial charge in [-0.05, 0) is 24.5 Å². The van der Waals surface area contributed by atoms with Crippen molar-refractivity contribution in [1.82, 2.24) is 4.98 Å². The van der Waals surface area contributed by atoms with Crippen LogP contribution < -0.4 is 0 Å². The maximum Gasteiger partial charge on any atom is 0.0705 e. The van der Waals surface area contributed by atoms with E-state index in [1.165, 1.54) is 19.3 Å². The van der Waals surface area contributed by atoms with Crippen molar-refractivity contribution in [3.63, 3.8) is 0 Å². The van der Waals surface area contributed by atoms with E-state index in [9.17, 15) is 5.11 Å². The van der Waals surface area contributed by atoms with E-state index in [1.807, 2.05) is 24.3 Å². The van der Waals surface area contributed by atoms with Crippen LogP contribution >= 0.6 is 0 Å². The first-order valence-electron chi connectivity index (χ1n) is 6.84. The van der Waals surface area contributed by atoms with Crippen LogP contribution in [0.2, 0.25) is 0 Å². The summed E-state index contributed by atoms with van der Waals surface area (Å²) in [5.41, 5.74) is 2.02. The first-order valence-corrected chi connectivity index (χ1v) is 6.84. The van der Waals surface area contributed by atoms with Gasteiger partial charge in [-0.3, -0.25) is 4.98 Å². The van der Waals surface area contributed by atoms with Crippen molar-refractivity contribution in [3.8, 4) is 0 Å². The minimum Gasteiger partial charge on any atom is -0.393 e. The van der Waals surface area contributed by atoms with Gasteiger partial charge in [-0.2, -0.15) is 0 Å². The van der Waals surface area contributed by atoms with E-state index in [-0.39, 0.29) is 6.10 Å². The number of pyridine rings is 1. The van der Waals surface area contributed by atoms with E-state index < -0.39 is 0 Å². The number of hydrogen-bond acceptors (Lipinski definition) is 2. The topological polar surface area (TPSA) is 33.1 Å². The van der Waals surface area contributed by atoms with Gasteiger partial charge in [-0.25, -0.2) is 0 Å². The van der Waals surface area contributed by atoms with Gasteiger partial charge < -0.3 is 5.11 Å². The van der Waals surface area contributed by atoms with E-state index in [4.69, 9.17) is 0 Å². The van der Waals surface area contributed by atoms with Crippen molar-refractivity contribution >= 4 is 10.9 Å². The van der Waals surface area contributed by atoms with Crippen LogP contribution in [0.25, 0.3) is 10.9 Å². The van der Waals surface area contributed by atoms with Gasteiger partial charge in [0, 0.05) is 17.5 Å². The average Bonchev–Trinajstić information content (AvgIpc) is 2.34. The number of benzene rings is 1. The van der Waals surface area contributed by atoms with Gasteiger partial charge in [0.05, 0.1) is 11.6 Å². The fraction of sp³-hybridized carbons (Fsp3) is 0.438. The highest BCUT2D eigenvalue weighted by Gasteiger charge is 2.21. The second kappa shape index (κ2) is 5.07. The second-order valence-electron chi connectivity index (χ2n) is 5.39. The zero-order valence-electron chi connectivity index (χ0n) is 10.5. The number of para-hydroxylation sites is 1. The predicted octanol–water partition coefficient (Wildman–Crippen LogP) is 3.33. The molecule has 0 bridgehead atoms. The monoisotopic (exact) mass is 241 g/mol. The average molecular weight is 241 g/mol. The van der Waals surface area contributed by atoms with Crippen molar-refractivity contribution in [3.05, 3.63) is 42.1 Å². The summed E-state index contributed by atoms with van der Waals surface area (Å²) in [4.78, 5) is 4.61. The summed E-state index contributed by atoms with van der Waals surface area (Å²) in [6, 6.07) is 12.2. The predicted molar refractivity (Wildman–Crippen MR) is 73.4 cm³/mol. The Morgan fingerprint density at radius 1 is 1.17 bits per heavy atom. The maximum absolute atomic E-state index is 10.1. The molecule has 0 saturated heterocycles. The van der Waals surface area contributed by atoms with Gasteiger partial charge in [0.15, 0.2) is 0 Å². The number of aromatic nitrogens is 1. The Morgan fingerprint density at radius 3 is 2.78 bits per heavy atom. The Hall–Kier alpha value is -1.41. The zero-order valence-corrected chi connectivity index (χ0v) is 10.5. The van der Waals surface area contributed by atoms with E-state index in [0.717, 1.165) is 28.9 Å². The molecule has 1 atom stereocenters. The molecule has 0 radical (unpaired) electrons. The lowest BCUT2D eigenvalue weighted by Gasteiger charge is -2.27. The third kappa shape index (κ3) is 2.54. The van der Waals surface area contributed by atoms with E-state index in [1.54, 1.807) is 0 Å². The van der Waals surface area contributed by atoms with Gasteiger partial charge >= 0.3 is 0 Å². The van der Waals surface area contributed by atoms with Crippen molar-refractivity contribution in [1.29, 1.82) is 0 Å². The number of rotatable bonds is 4. The van der Waals surface area contributed by atoms with Gasteiger partial charge in [0.25, 0.3) is 0 Å². The molecule has 1 N–H and O–H groups in total. The van der Waals surface area contributed by atoms with Crippen molar-refractivity contribution < 1.29 is 5.11 Å². The molecule has 1 aromatic carbocycles. The molecular weight excluding hydrogens is 222 g/mol. The number of hydrogen-bond donors (Lipinski definition) is 1. The minimum absolute atomic E-state index is 0.232. The molecule has 2 nitrogen and oxygen atoms in total. The Morgan fingerprint density at radius 2 is 2.00 bits per heavy atom. The van der Waals surface area contributed by atoms with Crippen LogP contribution in [0.3, 0.4) is 0 Å². The summed E-state index contributed by atoms with van der Waals surface area (Å²) in [5, 5.41) is 11.2. The molecule has 0 aliphatic heterocycles. The Kier molecular flexibility index (Phi) is 3.28. The SMILES string of the molecule is OC(Cc1ccc2ccccc2n1)CC1CCC1. The van der Waals surface area contributed by atoms with Gasteiger partial charge in [-0.1, -0.05) is 43.5 Å². The fourth-order valence-electron chi connectivity index (χ4n) is 2.66. The fourth-order valence-corrected chi connectivity index (χ4v) is 2.66. The highest BCUT2D eigenvalue weighted by Crippen LogP contribution is 2.31. The Balaban J connectivity index is 1.69. The summed E-state index contributed by atoms with van der Waals surface area (Å²) in [7, 11) is 0. The third-order valence-electron chi connectivity index (χ3n) is 3.93. The van der Waals surface area contributed by atoms with Crippen molar-refractivity contribution in [2.75, 3.05) is 0 Å².